The molecule has 0 heterocycles. The van der Waals surface area contributed by atoms with E-state index in [2.05, 4.69) is 0 Å². The maximum absolute atomic E-state index is 12.8. The van der Waals surface area contributed by atoms with Gasteiger partial charge in [-0.2, -0.15) is 0 Å². The molecular formula is C27H29NO4. The average molecular weight is 432 g/mol. The number of carbonyl (C=O) groups is 2. The summed E-state index contributed by atoms with van der Waals surface area (Å²) in [4.78, 5) is 26.7. The van der Waals surface area contributed by atoms with Gasteiger partial charge in [-0.05, 0) is 35.2 Å². The minimum Gasteiger partial charge on any atom is -0.488 e. The molecular weight excluding hydrogens is 402 g/mol. The van der Waals surface area contributed by atoms with Crippen LogP contribution in [0.1, 0.15) is 34.0 Å². The molecule has 0 aromatic heterocycles. The number of esters is 1. The smallest absolute Gasteiger partial charge is 0.309 e. The van der Waals surface area contributed by atoms with Crippen molar-refractivity contribution in [3.63, 3.8) is 0 Å². The van der Waals surface area contributed by atoms with Crippen molar-refractivity contribution in [2.24, 2.45) is 5.92 Å². The highest BCUT2D eigenvalue weighted by molar-refractivity contribution is 5.96. The van der Waals surface area contributed by atoms with Gasteiger partial charge < -0.3 is 14.4 Å². The number of ether oxygens (including phenoxy) is 2. The van der Waals surface area contributed by atoms with Gasteiger partial charge in [0.1, 0.15) is 19.0 Å². The predicted octanol–water partition coefficient (Wildman–Crippen LogP) is 4.89. The maximum Gasteiger partial charge on any atom is 0.309 e. The molecule has 3 aromatic carbocycles. The lowest BCUT2D eigenvalue weighted by Gasteiger charge is -2.17. The van der Waals surface area contributed by atoms with Gasteiger partial charge in [-0.25, -0.2) is 0 Å². The van der Waals surface area contributed by atoms with E-state index in [-0.39, 0.29) is 24.4 Å². The first kappa shape index (κ1) is 23.1. The van der Waals surface area contributed by atoms with E-state index in [9.17, 15) is 9.59 Å². The zero-order chi connectivity index (χ0) is 22.9. The lowest BCUT2D eigenvalue weighted by Crippen LogP contribution is -2.23. The largest absolute Gasteiger partial charge is 0.488 e. The third kappa shape index (κ3) is 6.45. The summed E-state index contributed by atoms with van der Waals surface area (Å²) in [7, 11) is 3.42. The molecule has 0 aliphatic carbocycles. The molecule has 0 fully saturated rings. The molecule has 0 saturated carbocycles. The van der Waals surface area contributed by atoms with E-state index in [1.807, 2.05) is 79.7 Å². The Balaban J connectivity index is 1.68. The van der Waals surface area contributed by atoms with Gasteiger partial charge in [0.15, 0.2) is 0 Å². The Labute approximate surface area is 189 Å². The molecule has 0 saturated heterocycles. The zero-order valence-electron chi connectivity index (χ0n) is 18.8. The van der Waals surface area contributed by atoms with Gasteiger partial charge in [0.05, 0.1) is 11.5 Å². The summed E-state index contributed by atoms with van der Waals surface area (Å²) >= 11 is 0. The second-order valence-electron chi connectivity index (χ2n) is 8.00. The summed E-state index contributed by atoms with van der Waals surface area (Å²) < 4.78 is 11.4. The molecule has 5 nitrogen and oxygen atoms in total. The van der Waals surface area contributed by atoms with Crippen molar-refractivity contribution < 1.29 is 19.1 Å². The Morgan fingerprint density at radius 3 is 2.00 bits per heavy atom. The van der Waals surface area contributed by atoms with Crippen LogP contribution in [0.25, 0.3) is 0 Å². The number of carbonyl (C=O) groups excluding carboxylic acids is 2. The third-order valence-electron chi connectivity index (χ3n) is 5.09. The van der Waals surface area contributed by atoms with Crippen LogP contribution < -0.4 is 4.74 Å². The highest BCUT2D eigenvalue weighted by Gasteiger charge is 2.19. The first-order chi connectivity index (χ1) is 15.4. The van der Waals surface area contributed by atoms with E-state index < -0.39 is 0 Å². The number of benzene rings is 3. The molecule has 0 N–H and O–H groups in total. The number of hydrogen-bond donors (Lipinski definition) is 0. The molecule has 3 aromatic rings. The molecule has 3 rings (SSSR count). The van der Waals surface area contributed by atoms with Crippen LogP contribution in [-0.4, -0.2) is 30.9 Å². The van der Waals surface area contributed by atoms with Crippen LogP contribution >= 0.6 is 0 Å². The van der Waals surface area contributed by atoms with E-state index in [1.54, 1.807) is 20.2 Å². The van der Waals surface area contributed by atoms with E-state index in [0.29, 0.717) is 24.3 Å². The first-order valence-corrected chi connectivity index (χ1v) is 10.7. The van der Waals surface area contributed by atoms with Gasteiger partial charge in [0.25, 0.3) is 5.91 Å². The van der Waals surface area contributed by atoms with Gasteiger partial charge in [0, 0.05) is 14.1 Å². The summed E-state index contributed by atoms with van der Waals surface area (Å²) in [5.74, 6) is -0.222. The number of amides is 1. The van der Waals surface area contributed by atoms with Crippen molar-refractivity contribution in [1.29, 1.82) is 0 Å². The number of nitrogens with zero attached hydrogens (tertiary/aromatic N) is 1. The first-order valence-electron chi connectivity index (χ1n) is 10.7. The van der Waals surface area contributed by atoms with Crippen molar-refractivity contribution >= 4 is 11.9 Å². The second kappa shape index (κ2) is 11.1. The predicted molar refractivity (Wildman–Crippen MR) is 124 cm³/mol. The molecule has 166 valence electrons. The Morgan fingerprint density at radius 1 is 0.812 bits per heavy atom. The zero-order valence-corrected chi connectivity index (χ0v) is 18.8. The van der Waals surface area contributed by atoms with Crippen LogP contribution in [0.5, 0.6) is 5.75 Å². The molecule has 0 radical (unpaired) electrons. The minimum absolute atomic E-state index is 0.144. The summed E-state index contributed by atoms with van der Waals surface area (Å²) in [6, 6.07) is 24.9. The van der Waals surface area contributed by atoms with Crippen LogP contribution in [0.3, 0.4) is 0 Å². The van der Waals surface area contributed by atoms with Gasteiger partial charge >= 0.3 is 5.97 Å². The van der Waals surface area contributed by atoms with Crippen molar-refractivity contribution in [3.05, 3.63) is 101 Å². The van der Waals surface area contributed by atoms with Crippen LogP contribution in [0.4, 0.5) is 0 Å². The summed E-state index contributed by atoms with van der Waals surface area (Å²) in [6.07, 6.45) is 0.473. The molecule has 0 aliphatic heterocycles. The van der Waals surface area contributed by atoms with E-state index in [4.69, 9.17) is 9.47 Å². The van der Waals surface area contributed by atoms with Crippen molar-refractivity contribution in [3.8, 4) is 5.75 Å². The lowest BCUT2D eigenvalue weighted by molar-refractivity contribution is -0.149. The summed E-state index contributed by atoms with van der Waals surface area (Å²) in [5.41, 5.74) is 3.33. The molecule has 1 amide bonds. The van der Waals surface area contributed by atoms with E-state index >= 15 is 0 Å². The Hall–Kier alpha value is -3.60. The normalized spacial score (nSPS) is 11.5. The Kier molecular flexibility index (Phi) is 8.03. The fraction of sp³-hybridized carbons (Fsp3) is 0.259. The topological polar surface area (TPSA) is 55.8 Å². The maximum atomic E-state index is 12.8. The minimum atomic E-state index is -0.336. The van der Waals surface area contributed by atoms with Gasteiger partial charge in [0.2, 0.25) is 0 Å². The SMILES string of the molecule is CC(Cc1ccc(OCc2ccccc2)c(C(=O)N(C)C)c1)C(=O)OCc1ccccc1. The van der Waals surface area contributed by atoms with Gasteiger partial charge in [-0.1, -0.05) is 73.7 Å². The summed E-state index contributed by atoms with van der Waals surface area (Å²) in [6.45, 7) is 2.46. The van der Waals surface area contributed by atoms with Crippen molar-refractivity contribution in [2.45, 2.75) is 26.6 Å². The fourth-order valence-electron chi connectivity index (χ4n) is 3.28. The quantitative estimate of drug-likeness (QED) is 0.453. The standard InChI is InChI=1S/C27H29NO4/c1-20(27(30)32-19-22-12-8-5-9-13-22)16-23-14-15-25(24(17-23)26(29)28(2)3)31-18-21-10-6-4-7-11-21/h4-15,17,20H,16,18-19H2,1-3H3. The molecule has 0 bridgehead atoms. The molecule has 1 unspecified atom stereocenters. The van der Waals surface area contributed by atoms with E-state index in [1.165, 1.54) is 4.90 Å². The number of rotatable bonds is 9. The van der Waals surface area contributed by atoms with Crippen LogP contribution in [-0.2, 0) is 29.2 Å². The molecule has 1 atom stereocenters. The highest BCUT2D eigenvalue weighted by Crippen LogP contribution is 2.24. The summed E-state index contributed by atoms with van der Waals surface area (Å²) in [5, 5.41) is 0. The Morgan fingerprint density at radius 2 is 1.41 bits per heavy atom. The van der Waals surface area contributed by atoms with Gasteiger partial charge in [-0.3, -0.25) is 9.59 Å². The monoisotopic (exact) mass is 431 g/mol. The van der Waals surface area contributed by atoms with Crippen LogP contribution in [0.15, 0.2) is 78.9 Å². The highest BCUT2D eigenvalue weighted by atomic mass is 16.5. The number of hydrogen-bond acceptors (Lipinski definition) is 4. The van der Waals surface area contributed by atoms with Crippen LogP contribution in [0, 0.1) is 5.92 Å². The van der Waals surface area contributed by atoms with E-state index in [0.717, 1.165) is 16.7 Å². The van der Waals surface area contributed by atoms with Crippen molar-refractivity contribution in [2.75, 3.05) is 14.1 Å². The third-order valence-corrected chi connectivity index (χ3v) is 5.09. The molecule has 32 heavy (non-hydrogen) atoms. The fourth-order valence-corrected chi connectivity index (χ4v) is 3.28. The molecule has 0 aliphatic rings. The Bertz CT molecular complexity index is 1030. The second-order valence-corrected chi connectivity index (χ2v) is 8.00. The average Bonchev–Trinajstić information content (AvgIpc) is 2.82. The molecule has 5 heteroatoms. The lowest BCUT2D eigenvalue weighted by atomic mass is 9.98. The van der Waals surface area contributed by atoms with Gasteiger partial charge in [-0.15, -0.1) is 0 Å². The molecule has 0 spiro atoms. The van der Waals surface area contributed by atoms with Crippen LogP contribution in [0.2, 0.25) is 0 Å². The van der Waals surface area contributed by atoms with Crippen molar-refractivity contribution in [1.82, 2.24) is 4.90 Å².